The van der Waals surface area contributed by atoms with Gasteiger partial charge in [0.15, 0.2) is 0 Å². The summed E-state index contributed by atoms with van der Waals surface area (Å²) in [6.45, 7) is 5.18. The zero-order valence-electron chi connectivity index (χ0n) is 15.5. The summed E-state index contributed by atoms with van der Waals surface area (Å²) in [7, 11) is 0. The first-order valence-electron chi connectivity index (χ1n) is 8.67. The highest BCUT2D eigenvalue weighted by molar-refractivity contribution is 7.99. The molecule has 140 valence electrons. The van der Waals surface area contributed by atoms with Crippen molar-refractivity contribution in [2.75, 3.05) is 17.6 Å². The SMILES string of the molecule is CC(C)(C)OC(=O)NCC(=O)Nc1ccc(SCC2=CCCC=C2)cc1. The molecule has 0 unspecified atom stereocenters. The van der Waals surface area contributed by atoms with E-state index in [-0.39, 0.29) is 12.5 Å². The van der Waals surface area contributed by atoms with E-state index in [1.807, 2.05) is 24.3 Å². The first-order chi connectivity index (χ1) is 12.3. The van der Waals surface area contributed by atoms with Crippen LogP contribution in [0.2, 0.25) is 0 Å². The molecule has 0 heterocycles. The van der Waals surface area contributed by atoms with E-state index in [4.69, 9.17) is 4.74 Å². The lowest BCUT2D eigenvalue weighted by Gasteiger charge is -2.19. The van der Waals surface area contributed by atoms with E-state index in [1.165, 1.54) is 5.57 Å². The average Bonchev–Trinajstić information content (AvgIpc) is 2.59. The summed E-state index contributed by atoms with van der Waals surface area (Å²) < 4.78 is 5.09. The molecule has 2 N–H and O–H groups in total. The van der Waals surface area contributed by atoms with Gasteiger partial charge in [-0.2, -0.15) is 0 Å². The fraction of sp³-hybridized carbons (Fsp3) is 0.400. The second kappa shape index (κ2) is 9.48. The highest BCUT2D eigenvalue weighted by atomic mass is 32.2. The minimum atomic E-state index is -0.606. The lowest BCUT2D eigenvalue weighted by atomic mass is 10.1. The van der Waals surface area contributed by atoms with E-state index in [0.29, 0.717) is 5.69 Å². The number of thioether (sulfide) groups is 1. The molecule has 6 heteroatoms. The van der Waals surface area contributed by atoms with Gasteiger partial charge in [0.1, 0.15) is 12.1 Å². The predicted octanol–water partition coefficient (Wildman–Crippen LogP) is 4.52. The summed E-state index contributed by atoms with van der Waals surface area (Å²) in [4.78, 5) is 24.6. The molecule has 0 aromatic heterocycles. The molecule has 1 aromatic carbocycles. The van der Waals surface area contributed by atoms with Gasteiger partial charge >= 0.3 is 6.09 Å². The fourth-order valence-corrected chi connectivity index (χ4v) is 3.12. The number of anilines is 1. The number of benzene rings is 1. The van der Waals surface area contributed by atoms with Crippen LogP contribution in [0.1, 0.15) is 33.6 Å². The normalized spacial score (nSPS) is 13.7. The number of allylic oxidation sites excluding steroid dienone is 3. The minimum absolute atomic E-state index is 0.133. The maximum atomic E-state index is 11.9. The lowest BCUT2D eigenvalue weighted by Crippen LogP contribution is -2.37. The molecule has 0 atom stereocenters. The Hall–Kier alpha value is -2.21. The van der Waals surface area contributed by atoms with Gasteiger partial charge in [-0.15, -0.1) is 11.8 Å². The van der Waals surface area contributed by atoms with Crippen molar-refractivity contribution in [1.29, 1.82) is 0 Å². The first-order valence-corrected chi connectivity index (χ1v) is 9.65. The van der Waals surface area contributed by atoms with Crippen LogP contribution in [0.25, 0.3) is 0 Å². The van der Waals surface area contributed by atoms with Crippen LogP contribution < -0.4 is 10.6 Å². The summed E-state index contributed by atoms with van der Waals surface area (Å²) in [6, 6.07) is 7.68. The molecule has 1 aliphatic rings. The molecule has 1 aliphatic carbocycles. The van der Waals surface area contributed by atoms with E-state index in [1.54, 1.807) is 32.5 Å². The summed E-state index contributed by atoms with van der Waals surface area (Å²) in [6.07, 6.45) is 8.31. The van der Waals surface area contributed by atoms with Gasteiger partial charge in [-0.25, -0.2) is 4.79 Å². The largest absolute Gasteiger partial charge is 0.444 e. The van der Waals surface area contributed by atoms with Crippen LogP contribution in [0.5, 0.6) is 0 Å². The topological polar surface area (TPSA) is 67.4 Å². The summed E-state index contributed by atoms with van der Waals surface area (Å²) in [5, 5.41) is 5.19. The van der Waals surface area contributed by atoms with Gasteiger partial charge < -0.3 is 15.4 Å². The van der Waals surface area contributed by atoms with Gasteiger partial charge in [0.2, 0.25) is 5.91 Å². The molecule has 2 rings (SSSR count). The molecule has 0 radical (unpaired) electrons. The van der Waals surface area contributed by atoms with E-state index in [2.05, 4.69) is 28.9 Å². The minimum Gasteiger partial charge on any atom is -0.444 e. The number of hydrogen-bond acceptors (Lipinski definition) is 4. The van der Waals surface area contributed by atoms with Crippen molar-refractivity contribution in [2.24, 2.45) is 0 Å². The molecule has 0 spiro atoms. The van der Waals surface area contributed by atoms with Crippen LogP contribution >= 0.6 is 11.8 Å². The van der Waals surface area contributed by atoms with Gasteiger partial charge in [-0.3, -0.25) is 4.79 Å². The number of carbonyl (C=O) groups excluding carboxylic acids is 2. The van der Waals surface area contributed by atoms with Gasteiger partial charge in [0.25, 0.3) is 0 Å². The molecule has 0 fully saturated rings. The van der Waals surface area contributed by atoms with Crippen LogP contribution in [-0.2, 0) is 9.53 Å². The van der Waals surface area contributed by atoms with Crippen LogP contribution in [0, 0.1) is 0 Å². The van der Waals surface area contributed by atoms with Gasteiger partial charge in [0.05, 0.1) is 0 Å². The Bertz CT molecular complexity index is 688. The fourth-order valence-electron chi connectivity index (χ4n) is 2.25. The van der Waals surface area contributed by atoms with Gasteiger partial charge in [0, 0.05) is 16.3 Å². The standard InChI is InChI=1S/C20H26N2O3S/c1-20(2,3)25-19(24)21-13-18(23)22-16-9-11-17(12-10-16)26-14-15-7-5-4-6-8-15/h5,7-12H,4,6,13-14H2,1-3H3,(H,21,24)(H,22,23). The molecule has 0 saturated carbocycles. The molecule has 1 aromatic rings. The number of ether oxygens (including phenoxy) is 1. The Morgan fingerprint density at radius 1 is 1.15 bits per heavy atom. The summed E-state index contributed by atoms with van der Waals surface area (Å²) in [5.41, 5.74) is 1.46. The van der Waals surface area contributed by atoms with Crippen LogP contribution in [0.4, 0.5) is 10.5 Å². The number of alkyl carbamates (subject to hydrolysis) is 1. The molecule has 26 heavy (non-hydrogen) atoms. The maximum Gasteiger partial charge on any atom is 0.408 e. The van der Waals surface area contributed by atoms with Crippen molar-refractivity contribution in [2.45, 2.75) is 44.1 Å². The van der Waals surface area contributed by atoms with Crippen molar-refractivity contribution >= 4 is 29.4 Å². The molecule has 0 aliphatic heterocycles. The zero-order valence-corrected chi connectivity index (χ0v) is 16.3. The van der Waals surface area contributed by atoms with Crippen LogP contribution in [-0.4, -0.2) is 29.9 Å². The molecule has 0 bridgehead atoms. The third kappa shape index (κ3) is 7.78. The maximum absolute atomic E-state index is 11.9. The van der Waals surface area contributed by atoms with Gasteiger partial charge in [-0.1, -0.05) is 18.2 Å². The monoisotopic (exact) mass is 374 g/mol. The quantitative estimate of drug-likeness (QED) is 0.719. The number of amides is 2. The van der Waals surface area contributed by atoms with Crippen LogP contribution in [0.3, 0.4) is 0 Å². The Balaban J connectivity index is 1.74. The van der Waals surface area contributed by atoms with Crippen LogP contribution in [0.15, 0.2) is 53.0 Å². The molecule has 5 nitrogen and oxygen atoms in total. The van der Waals surface area contributed by atoms with E-state index >= 15 is 0 Å². The highest BCUT2D eigenvalue weighted by Gasteiger charge is 2.16. The molecular formula is C20H26N2O3S. The highest BCUT2D eigenvalue weighted by Crippen LogP contribution is 2.24. The third-order valence-electron chi connectivity index (χ3n) is 3.41. The predicted molar refractivity (Wildman–Crippen MR) is 106 cm³/mol. The second-order valence-corrected chi connectivity index (χ2v) is 8.02. The number of nitrogens with one attached hydrogen (secondary N) is 2. The third-order valence-corrected chi connectivity index (χ3v) is 4.49. The smallest absolute Gasteiger partial charge is 0.408 e. The number of rotatable bonds is 6. The van der Waals surface area contributed by atoms with Crippen molar-refractivity contribution in [3.8, 4) is 0 Å². The van der Waals surface area contributed by atoms with Gasteiger partial charge in [-0.05, 0) is 63.5 Å². The Kier molecular flexibility index (Phi) is 7.33. The van der Waals surface area contributed by atoms with Crippen molar-refractivity contribution in [3.05, 3.63) is 48.1 Å². The number of hydrogen-bond donors (Lipinski definition) is 2. The Labute approximate surface area is 159 Å². The average molecular weight is 375 g/mol. The Morgan fingerprint density at radius 3 is 2.50 bits per heavy atom. The second-order valence-electron chi connectivity index (χ2n) is 6.98. The van der Waals surface area contributed by atoms with E-state index < -0.39 is 11.7 Å². The Morgan fingerprint density at radius 2 is 1.88 bits per heavy atom. The first kappa shape index (κ1) is 20.1. The van der Waals surface area contributed by atoms with Crippen molar-refractivity contribution < 1.29 is 14.3 Å². The van der Waals surface area contributed by atoms with E-state index in [0.717, 1.165) is 23.5 Å². The summed E-state index contributed by atoms with van der Waals surface area (Å²) >= 11 is 1.77. The van der Waals surface area contributed by atoms with Crippen molar-refractivity contribution in [3.63, 3.8) is 0 Å². The molecule has 2 amide bonds. The molecule has 0 saturated heterocycles. The van der Waals surface area contributed by atoms with Crippen molar-refractivity contribution in [1.82, 2.24) is 5.32 Å². The summed E-state index contributed by atoms with van der Waals surface area (Å²) in [5.74, 6) is 0.649. The molecular weight excluding hydrogens is 348 g/mol. The van der Waals surface area contributed by atoms with E-state index in [9.17, 15) is 9.59 Å². The zero-order chi connectivity index (χ0) is 19.0. The lowest BCUT2D eigenvalue weighted by molar-refractivity contribution is -0.115. The number of carbonyl (C=O) groups is 2.